The van der Waals surface area contributed by atoms with E-state index >= 15 is 0 Å². The van der Waals surface area contributed by atoms with E-state index in [2.05, 4.69) is 0 Å². The highest BCUT2D eigenvalue weighted by Crippen LogP contribution is 2.26. The summed E-state index contributed by atoms with van der Waals surface area (Å²) in [5.74, 6) is -0.168. The first-order valence-corrected chi connectivity index (χ1v) is 8.21. The molecule has 1 fully saturated rings. The molecule has 126 valence electrons. The van der Waals surface area contributed by atoms with Gasteiger partial charge in [0.2, 0.25) is 5.91 Å². The third kappa shape index (κ3) is 4.37. The van der Waals surface area contributed by atoms with Crippen LogP contribution in [0.2, 0.25) is 10.0 Å². The molecule has 0 unspecified atom stereocenters. The summed E-state index contributed by atoms with van der Waals surface area (Å²) in [5.41, 5.74) is 1.24. The molecule has 1 aliphatic rings. The van der Waals surface area contributed by atoms with Crippen molar-refractivity contribution < 1.29 is 14.3 Å². The lowest BCUT2D eigenvalue weighted by molar-refractivity contribution is -0.135. The lowest BCUT2D eigenvalue weighted by Gasteiger charge is -2.22. The molecule has 1 saturated heterocycles. The summed E-state index contributed by atoms with van der Waals surface area (Å²) >= 11 is 12.2. The Morgan fingerprint density at radius 3 is 2.26 bits per heavy atom. The molecule has 0 aromatic heterocycles. The van der Waals surface area contributed by atoms with Gasteiger partial charge < -0.3 is 14.5 Å². The molecule has 0 atom stereocenters. The minimum Gasteiger partial charge on any atom is -0.375 e. The van der Waals surface area contributed by atoms with Crippen LogP contribution in [0.15, 0.2) is 12.1 Å². The third-order valence-electron chi connectivity index (χ3n) is 3.93. The van der Waals surface area contributed by atoms with Gasteiger partial charge in [0.25, 0.3) is 5.91 Å². The molecule has 1 aromatic carbocycles. The summed E-state index contributed by atoms with van der Waals surface area (Å²) in [4.78, 5) is 28.0. The monoisotopic (exact) mass is 358 g/mol. The number of nitrogens with zero attached hydrogens (tertiary/aromatic N) is 2. The SMILES string of the molecule is COCC(=O)N1CCCN(C(=O)c2cc(Cl)c(C)c(Cl)c2)CC1. The van der Waals surface area contributed by atoms with Crippen molar-refractivity contribution in [3.63, 3.8) is 0 Å². The molecule has 1 heterocycles. The summed E-state index contributed by atoms with van der Waals surface area (Å²) in [6, 6.07) is 3.29. The van der Waals surface area contributed by atoms with Crippen molar-refractivity contribution in [2.75, 3.05) is 39.9 Å². The van der Waals surface area contributed by atoms with Gasteiger partial charge in [0.1, 0.15) is 6.61 Å². The number of carbonyl (C=O) groups is 2. The van der Waals surface area contributed by atoms with Crippen molar-refractivity contribution in [1.82, 2.24) is 9.80 Å². The number of hydrogen-bond acceptors (Lipinski definition) is 3. The van der Waals surface area contributed by atoms with Crippen LogP contribution in [0, 0.1) is 6.92 Å². The van der Waals surface area contributed by atoms with Gasteiger partial charge in [-0.2, -0.15) is 0 Å². The van der Waals surface area contributed by atoms with E-state index in [1.807, 2.05) is 6.92 Å². The maximum absolute atomic E-state index is 12.7. The lowest BCUT2D eigenvalue weighted by atomic mass is 10.1. The number of ether oxygens (including phenoxy) is 1. The van der Waals surface area contributed by atoms with Gasteiger partial charge in [0.15, 0.2) is 0 Å². The molecule has 23 heavy (non-hydrogen) atoms. The second-order valence-corrected chi connectivity index (χ2v) is 6.34. The fraction of sp³-hybridized carbons (Fsp3) is 0.500. The average Bonchev–Trinajstić information content (AvgIpc) is 2.77. The number of carbonyl (C=O) groups excluding carboxylic acids is 2. The topological polar surface area (TPSA) is 49.9 Å². The average molecular weight is 359 g/mol. The highest BCUT2D eigenvalue weighted by Gasteiger charge is 2.23. The summed E-state index contributed by atoms with van der Waals surface area (Å²) in [7, 11) is 1.50. The molecule has 2 amide bonds. The Balaban J connectivity index is 2.08. The zero-order valence-corrected chi connectivity index (χ0v) is 14.8. The second-order valence-electron chi connectivity index (χ2n) is 5.52. The van der Waals surface area contributed by atoms with Crippen LogP contribution >= 0.6 is 23.2 Å². The zero-order valence-electron chi connectivity index (χ0n) is 13.3. The van der Waals surface area contributed by atoms with Gasteiger partial charge in [-0.05, 0) is 31.0 Å². The lowest BCUT2D eigenvalue weighted by Crippen LogP contribution is -2.38. The summed E-state index contributed by atoms with van der Waals surface area (Å²) in [5, 5.41) is 0.958. The van der Waals surface area contributed by atoms with E-state index in [9.17, 15) is 9.59 Å². The van der Waals surface area contributed by atoms with E-state index in [0.717, 1.165) is 12.0 Å². The molecular weight excluding hydrogens is 339 g/mol. The second kappa shape index (κ2) is 7.99. The number of methoxy groups -OCH3 is 1. The number of halogens is 2. The predicted octanol–water partition coefficient (Wildman–Crippen LogP) is 2.62. The quantitative estimate of drug-likeness (QED) is 0.834. The van der Waals surface area contributed by atoms with Crippen molar-refractivity contribution in [1.29, 1.82) is 0 Å². The molecule has 0 N–H and O–H groups in total. The highest BCUT2D eigenvalue weighted by atomic mass is 35.5. The van der Waals surface area contributed by atoms with E-state index < -0.39 is 0 Å². The van der Waals surface area contributed by atoms with E-state index in [1.54, 1.807) is 21.9 Å². The zero-order chi connectivity index (χ0) is 17.0. The molecule has 0 radical (unpaired) electrons. The van der Waals surface area contributed by atoms with Crippen LogP contribution < -0.4 is 0 Å². The maximum atomic E-state index is 12.7. The molecule has 5 nitrogen and oxygen atoms in total. The Kier molecular flexibility index (Phi) is 6.27. The molecule has 0 bridgehead atoms. The van der Waals surface area contributed by atoms with E-state index in [0.29, 0.717) is 41.8 Å². The smallest absolute Gasteiger partial charge is 0.254 e. The first kappa shape index (κ1) is 18.0. The van der Waals surface area contributed by atoms with Gasteiger partial charge in [-0.15, -0.1) is 0 Å². The number of hydrogen-bond donors (Lipinski definition) is 0. The van der Waals surface area contributed by atoms with Crippen LogP contribution in [0.1, 0.15) is 22.3 Å². The van der Waals surface area contributed by atoms with Crippen LogP contribution in [0.5, 0.6) is 0 Å². The van der Waals surface area contributed by atoms with Gasteiger partial charge in [-0.25, -0.2) is 0 Å². The van der Waals surface area contributed by atoms with E-state index in [1.165, 1.54) is 7.11 Å². The highest BCUT2D eigenvalue weighted by molar-refractivity contribution is 6.36. The van der Waals surface area contributed by atoms with Crippen LogP contribution in [-0.4, -0.2) is 61.5 Å². The Labute approximate surface area is 146 Å². The maximum Gasteiger partial charge on any atom is 0.254 e. The van der Waals surface area contributed by atoms with Crippen molar-refractivity contribution in [2.45, 2.75) is 13.3 Å². The Morgan fingerprint density at radius 2 is 1.65 bits per heavy atom. The van der Waals surface area contributed by atoms with Crippen LogP contribution in [-0.2, 0) is 9.53 Å². The summed E-state index contributed by atoms with van der Waals surface area (Å²) in [6.07, 6.45) is 0.731. The van der Waals surface area contributed by atoms with E-state index in [-0.39, 0.29) is 18.4 Å². The molecule has 0 saturated carbocycles. The standard InChI is InChI=1S/C16H20Cl2N2O3/c1-11-13(17)8-12(9-14(11)18)16(22)20-5-3-4-19(6-7-20)15(21)10-23-2/h8-9H,3-7,10H2,1-2H3. The fourth-order valence-corrected chi connectivity index (χ4v) is 3.02. The van der Waals surface area contributed by atoms with Gasteiger partial charge >= 0.3 is 0 Å². The first-order chi connectivity index (χ1) is 10.9. The van der Waals surface area contributed by atoms with Crippen LogP contribution in [0.4, 0.5) is 0 Å². The molecule has 1 aromatic rings. The van der Waals surface area contributed by atoms with Crippen molar-refractivity contribution in [2.24, 2.45) is 0 Å². The number of benzene rings is 1. The minimum absolute atomic E-state index is 0.0526. The largest absolute Gasteiger partial charge is 0.375 e. The summed E-state index contributed by atoms with van der Waals surface area (Å²) in [6.45, 7) is 4.08. The molecule has 2 rings (SSSR count). The van der Waals surface area contributed by atoms with Gasteiger partial charge in [0, 0.05) is 48.9 Å². The number of amides is 2. The van der Waals surface area contributed by atoms with Crippen molar-refractivity contribution >= 4 is 35.0 Å². The van der Waals surface area contributed by atoms with Gasteiger partial charge in [-0.1, -0.05) is 23.2 Å². The van der Waals surface area contributed by atoms with Crippen molar-refractivity contribution in [3.8, 4) is 0 Å². The van der Waals surface area contributed by atoms with Crippen LogP contribution in [0.25, 0.3) is 0 Å². The number of rotatable bonds is 3. The fourth-order valence-electron chi connectivity index (χ4n) is 2.54. The first-order valence-electron chi connectivity index (χ1n) is 7.45. The Hall–Kier alpha value is -1.30. The minimum atomic E-state index is -0.116. The Morgan fingerprint density at radius 1 is 1.09 bits per heavy atom. The van der Waals surface area contributed by atoms with Gasteiger partial charge in [-0.3, -0.25) is 9.59 Å². The molecular formula is C16H20Cl2N2O3. The Bertz CT molecular complexity index is 584. The van der Waals surface area contributed by atoms with Crippen molar-refractivity contribution in [3.05, 3.63) is 33.3 Å². The summed E-state index contributed by atoms with van der Waals surface area (Å²) < 4.78 is 4.88. The predicted molar refractivity (Wildman–Crippen MR) is 90.2 cm³/mol. The molecule has 0 aliphatic carbocycles. The normalized spacial score (nSPS) is 15.5. The molecule has 0 spiro atoms. The third-order valence-corrected chi connectivity index (χ3v) is 4.72. The molecule has 7 heteroatoms. The molecule has 1 aliphatic heterocycles. The van der Waals surface area contributed by atoms with Crippen LogP contribution in [0.3, 0.4) is 0 Å². The van der Waals surface area contributed by atoms with Gasteiger partial charge in [0.05, 0.1) is 0 Å². The van der Waals surface area contributed by atoms with E-state index in [4.69, 9.17) is 27.9 Å².